The van der Waals surface area contributed by atoms with E-state index in [1.165, 1.54) is 11.1 Å². The molecular weight excluding hydrogens is 460 g/mol. The van der Waals surface area contributed by atoms with E-state index < -0.39 is 0 Å². The SMILES string of the molecule is Cc1ccc(C(=O)Oc2cccc3c2C2(CC3)CCc3cccc(OC(=O)c4ccc(C)cc4)c32)cc1. The molecule has 0 saturated carbocycles. The Hall–Kier alpha value is -4.18. The van der Waals surface area contributed by atoms with E-state index in [9.17, 15) is 9.59 Å². The van der Waals surface area contributed by atoms with Crippen LogP contribution in [-0.2, 0) is 18.3 Å². The number of benzene rings is 4. The van der Waals surface area contributed by atoms with Crippen molar-refractivity contribution in [3.05, 3.63) is 129 Å². The lowest BCUT2D eigenvalue weighted by atomic mass is 9.76. The van der Waals surface area contributed by atoms with Gasteiger partial charge >= 0.3 is 11.9 Å². The zero-order valence-corrected chi connectivity index (χ0v) is 21.0. The molecule has 37 heavy (non-hydrogen) atoms. The van der Waals surface area contributed by atoms with Crippen molar-refractivity contribution in [3.8, 4) is 11.5 Å². The van der Waals surface area contributed by atoms with Crippen molar-refractivity contribution < 1.29 is 19.1 Å². The van der Waals surface area contributed by atoms with E-state index in [1.807, 2.05) is 62.4 Å². The molecule has 184 valence electrons. The molecule has 0 N–H and O–H groups in total. The molecule has 0 amide bonds. The number of carbonyl (C=O) groups is 2. The number of hydrogen-bond acceptors (Lipinski definition) is 4. The standard InChI is InChI=1S/C33H28O4/c1-21-9-13-25(14-10-21)31(34)36-27-7-3-5-23-17-19-33(29(23)27)20-18-24-6-4-8-28(30(24)33)37-32(35)26-15-11-22(2)12-16-26/h3-16H,17-20H2,1-2H3. The van der Waals surface area contributed by atoms with Crippen LogP contribution >= 0.6 is 0 Å². The van der Waals surface area contributed by atoms with Gasteiger partial charge in [-0.1, -0.05) is 59.7 Å². The molecule has 0 aliphatic heterocycles. The van der Waals surface area contributed by atoms with Gasteiger partial charge in [-0.05, 0) is 87.1 Å². The Kier molecular flexibility index (Phi) is 5.68. The molecule has 0 fully saturated rings. The van der Waals surface area contributed by atoms with E-state index in [1.54, 1.807) is 24.3 Å². The molecule has 0 radical (unpaired) electrons. The molecule has 0 unspecified atom stereocenters. The smallest absolute Gasteiger partial charge is 0.343 e. The Morgan fingerprint density at radius 3 is 1.41 bits per heavy atom. The number of fused-ring (bicyclic) bond motifs is 4. The van der Waals surface area contributed by atoms with Gasteiger partial charge in [0.2, 0.25) is 0 Å². The summed E-state index contributed by atoms with van der Waals surface area (Å²) in [6.07, 6.45) is 3.52. The van der Waals surface area contributed by atoms with Crippen LogP contribution in [0, 0.1) is 13.8 Å². The van der Waals surface area contributed by atoms with Crippen molar-refractivity contribution in [1.82, 2.24) is 0 Å². The van der Waals surface area contributed by atoms with Crippen LogP contribution in [0.25, 0.3) is 0 Å². The van der Waals surface area contributed by atoms with E-state index in [0.717, 1.165) is 47.9 Å². The summed E-state index contributed by atoms with van der Waals surface area (Å²) in [7, 11) is 0. The minimum atomic E-state index is -0.368. The Bertz CT molecular complexity index is 1400. The Morgan fingerprint density at radius 1 is 0.595 bits per heavy atom. The maximum atomic E-state index is 13.1. The first kappa shape index (κ1) is 23.2. The van der Waals surface area contributed by atoms with Gasteiger partial charge in [-0.3, -0.25) is 0 Å². The maximum Gasteiger partial charge on any atom is 0.343 e. The summed E-state index contributed by atoms with van der Waals surface area (Å²) in [5.74, 6) is 0.446. The van der Waals surface area contributed by atoms with Crippen molar-refractivity contribution in [2.45, 2.75) is 44.9 Å². The average molecular weight is 489 g/mol. The summed E-state index contributed by atoms with van der Waals surface area (Å²) in [4.78, 5) is 26.2. The van der Waals surface area contributed by atoms with Gasteiger partial charge in [0, 0.05) is 16.5 Å². The average Bonchev–Trinajstić information content (AvgIpc) is 3.47. The van der Waals surface area contributed by atoms with Crippen molar-refractivity contribution >= 4 is 11.9 Å². The largest absolute Gasteiger partial charge is 0.423 e. The highest BCUT2D eigenvalue weighted by molar-refractivity contribution is 5.92. The van der Waals surface area contributed by atoms with Crippen molar-refractivity contribution in [2.24, 2.45) is 0 Å². The zero-order valence-electron chi connectivity index (χ0n) is 21.0. The summed E-state index contributed by atoms with van der Waals surface area (Å²) in [5.41, 5.74) is 7.32. The van der Waals surface area contributed by atoms with Gasteiger partial charge < -0.3 is 9.47 Å². The molecule has 4 aromatic rings. The van der Waals surface area contributed by atoms with Crippen LogP contribution in [0.15, 0.2) is 84.9 Å². The second-order valence-corrected chi connectivity index (χ2v) is 10.2. The highest BCUT2D eigenvalue weighted by Gasteiger charge is 2.49. The molecule has 6 rings (SSSR count). The number of hydrogen-bond donors (Lipinski definition) is 0. The molecule has 4 nitrogen and oxygen atoms in total. The molecule has 0 heterocycles. The van der Waals surface area contributed by atoms with Crippen LogP contribution in [0.2, 0.25) is 0 Å². The van der Waals surface area contributed by atoms with E-state index in [0.29, 0.717) is 22.6 Å². The van der Waals surface area contributed by atoms with E-state index in [4.69, 9.17) is 9.47 Å². The lowest BCUT2D eigenvalue weighted by Crippen LogP contribution is -2.24. The van der Waals surface area contributed by atoms with Gasteiger partial charge in [0.25, 0.3) is 0 Å². The van der Waals surface area contributed by atoms with Crippen LogP contribution in [0.5, 0.6) is 11.5 Å². The van der Waals surface area contributed by atoms with Gasteiger partial charge in [-0.2, -0.15) is 0 Å². The van der Waals surface area contributed by atoms with Crippen LogP contribution in [0.4, 0.5) is 0 Å². The molecule has 0 saturated heterocycles. The molecule has 2 aliphatic carbocycles. The second kappa shape index (κ2) is 9.04. The summed E-state index contributed by atoms with van der Waals surface area (Å²) in [6.45, 7) is 3.98. The monoisotopic (exact) mass is 488 g/mol. The third-order valence-electron chi connectivity index (χ3n) is 7.80. The third kappa shape index (κ3) is 4.03. The molecule has 2 aliphatic rings. The Balaban J connectivity index is 1.39. The minimum absolute atomic E-state index is 0.362. The van der Waals surface area contributed by atoms with Gasteiger partial charge in [-0.15, -0.1) is 0 Å². The summed E-state index contributed by atoms with van der Waals surface area (Å²) in [6, 6.07) is 26.7. The molecule has 0 atom stereocenters. The fourth-order valence-electron chi connectivity index (χ4n) is 5.97. The number of carbonyl (C=O) groups excluding carboxylic acids is 2. The predicted molar refractivity (Wildman–Crippen MR) is 143 cm³/mol. The van der Waals surface area contributed by atoms with Gasteiger partial charge in [-0.25, -0.2) is 9.59 Å². The quantitative estimate of drug-likeness (QED) is 0.231. The van der Waals surface area contributed by atoms with Crippen LogP contribution in [0.3, 0.4) is 0 Å². The van der Waals surface area contributed by atoms with Crippen molar-refractivity contribution in [3.63, 3.8) is 0 Å². The topological polar surface area (TPSA) is 52.6 Å². The predicted octanol–water partition coefficient (Wildman–Crippen LogP) is 6.92. The number of rotatable bonds is 4. The van der Waals surface area contributed by atoms with E-state index >= 15 is 0 Å². The highest BCUT2D eigenvalue weighted by atomic mass is 16.5. The minimum Gasteiger partial charge on any atom is -0.423 e. The van der Waals surface area contributed by atoms with Gasteiger partial charge in [0.15, 0.2) is 0 Å². The lowest BCUT2D eigenvalue weighted by molar-refractivity contribution is 0.0725. The van der Waals surface area contributed by atoms with Crippen molar-refractivity contribution in [2.75, 3.05) is 0 Å². The molecule has 1 spiro atoms. The number of aryl methyl sites for hydroxylation is 4. The van der Waals surface area contributed by atoms with E-state index in [2.05, 4.69) is 12.1 Å². The van der Waals surface area contributed by atoms with Crippen molar-refractivity contribution in [1.29, 1.82) is 0 Å². The molecule has 4 aromatic carbocycles. The first-order valence-corrected chi connectivity index (χ1v) is 12.8. The fourth-order valence-corrected chi connectivity index (χ4v) is 5.97. The Labute approximate surface area is 216 Å². The highest BCUT2D eigenvalue weighted by Crippen LogP contribution is 2.57. The summed E-state index contributed by atoms with van der Waals surface area (Å²) in [5, 5.41) is 0. The first-order valence-electron chi connectivity index (χ1n) is 12.8. The number of ether oxygens (including phenoxy) is 2. The summed E-state index contributed by atoms with van der Waals surface area (Å²) < 4.78 is 12.1. The van der Waals surface area contributed by atoms with E-state index in [-0.39, 0.29) is 17.4 Å². The van der Waals surface area contributed by atoms with Crippen LogP contribution in [0.1, 0.15) is 66.9 Å². The fraction of sp³-hybridized carbons (Fsp3) is 0.212. The zero-order chi connectivity index (χ0) is 25.6. The van der Waals surface area contributed by atoms with Crippen LogP contribution in [-0.4, -0.2) is 11.9 Å². The summed E-state index contributed by atoms with van der Waals surface area (Å²) >= 11 is 0. The van der Waals surface area contributed by atoms with Gasteiger partial charge in [0.1, 0.15) is 11.5 Å². The van der Waals surface area contributed by atoms with Crippen LogP contribution < -0.4 is 9.47 Å². The normalized spacial score (nSPS) is 14.8. The maximum absolute atomic E-state index is 13.1. The van der Waals surface area contributed by atoms with Gasteiger partial charge in [0.05, 0.1) is 11.1 Å². The molecular formula is C33H28O4. The Morgan fingerprint density at radius 2 is 1.00 bits per heavy atom. The number of esters is 2. The first-order chi connectivity index (χ1) is 17.9. The molecule has 0 bridgehead atoms. The second-order valence-electron chi connectivity index (χ2n) is 10.2. The molecule has 4 heteroatoms. The molecule has 0 aromatic heterocycles. The lowest BCUT2D eigenvalue weighted by Gasteiger charge is -2.29. The third-order valence-corrected chi connectivity index (χ3v) is 7.80.